The Labute approximate surface area is 65.3 Å². The molecule has 0 fully saturated rings. The van der Waals surface area contributed by atoms with E-state index in [-0.39, 0.29) is 5.48 Å². The van der Waals surface area contributed by atoms with Crippen LogP contribution in [-0.2, 0) is 11.0 Å². The molecule has 4 heteroatoms. The van der Waals surface area contributed by atoms with Crippen molar-refractivity contribution in [2.75, 3.05) is 19.8 Å². The first-order valence-corrected chi connectivity index (χ1v) is 4.52. The van der Waals surface area contributed by atoms with Gasteiger partial charge in [0.25, 0.3) is 0 Å². The number of hydrogen-bond acceptors (Lipinski definition) is 1. The van der Waals surface area contributed by atoms with Crippen LogP contribution < -0.4 is 0 Å². The molecule has 0 aliphatic rings. The highest BCUT2D eigenvalue weighted by Gasteiger charge is 1.98. The molecule has 1 atom stereocenters. The van der Waals surface area contributed by atoms with Gasteiger partial charge in [-0.3, -0.25) is 0 Å². The first kappa shape index (κ1) is 12.7. The molecule has 0 aliphatic heterocycles. The van der Waals surface area contributed by atoms with Gasteiger partial charge in [0.2, 0.25) is 0 Å². The maximum Gasteiger partial charge on any atom is 0.0937 e. The zero-order chi connectivity index (χ0) is 7.28. The summed E-state index contributed by atoms with van der Waals surface area (Å²) in [5.41, 5.74) is 0. The molecule has 0 aromatic rings. The highest BCUT2D eigenvalue weighted by molar-refractivity contribution is 7.82. The Morgan fingerprint density at radius 3 is 2.20 bits per heavy atom. The van der Waals surface area contributed by atoms with E-state index in [9.17, 15) is 4.21 Å². The SMILES string of the molecule is CCCCS(=O)N(C)C.O. The van der Waals surface area contributed by atoms with Crippen LogP contribution in [-0.4, -0.2) is 33.8 Å². The summed E-state index contributed by atoms with van der Waals surface area (Å²) in [5.74, 6) is 0.809. The summed E-state index contributed by atoms with van der Waals surface area (Å²) in [6.45, 7) is 2.10. The van der Waals surface area contributed by atoms with Crippen molar-refractivity contribution in [1.82, 2.24) is 4.31 Å². The van der Waals surface area contributed by atoms with Gasteiger partial charge in [-0.25, -0.2) is 8.51 Å². The smallest absolute Gasteiger partial charge is 0.0937 e. The fourth-order valence-electron chi connectivity index (χ4n) is 0.450. The lowest BCUT2D eigenvalue weighted by Gasteiger charge is -2.06. The van der Waals surface area contributed by atoms with Crippen molar-refractivity contribution in [3.63, 3.8) is 0 Å². The van der Waals surface area contributed by atoms with Crippen LogP contribution in [0.4, 0.5) is 0 Å². The van der Waals surface area contributed by atoms with Gasteiger partial charge >= 0.3 is 0 Å². The lowest BCUT2D eigenvalue weighted by atomic mass is 10.4. The van der Waals surface area contributed by atoms with Gasteiger partial charge in [0.05, 0.1) is 11.0 Å². The quantitative estimate of drug-likeness (QED) is 0.589. The molecule has 0 aromatic heterocycles. The van der Waals surface area contributed by atoms with Crippen molar-refractivity contribution in [2.24, 2.45) is 0 Å². The van der Waals surface area contributed by atoms with Crippen LogP contribution in [0.3, 0.4) is 0 Å². The molecule has 0 aromatic carbocycles. The summed E-state index contributed by atoms with van der Waals surface area (Å²) < 4.78 is 12.7. The summed E-state index contributed by atoms with van der Waals surface area (Å²) >= 11 is 0. The van der Waals surface area contributed by atoms with E-state index in [1.54, 1.807) is 4.31 Å². The molecule has 0 aliphatic carbocycles. The largest absolute Gasteiger partial charge is 0.412 e. The molecule has 3 nitrogen and oxygen atoms in total. The van der Waals surface area contributed by atoms with Gasteiger partial charge in [-0.1, -0.05) is 13.3 Å². The van der Waals surface area contributed by atoms with Crippen LogP contribution in [0.25, 0.3) is 0 Å². The Balaban J connectivity index is 0. The average Bonchev–Trinajstić information content (AvgIpc) is 1.82. The summed E-state index contributed by atoms with van der Waals surface area (Å²) in [7, 11) is 2.94. The second-order valence-corrected chi connectivity index (χ2v) is 3.97. The van der Waals surface area contributed by atoms with Crippen molar-refractivity contribution < 1.29 is 9.69 Å². The Bertz CT molecular complexity index is 95.7. The molecule has 0 heterocycles. The van der Waals surface area contributed by atoms with E-state index < -0.39 is 11.0 Å². The van der Waals surface area contributed by atoms with Crippen LogP contribution in [0.2, 0.25) is 0 Å². The van der Waals surface area contributed by atoms with Gasteiger partial charge < -0.3 is 5.48 Å². The molecule has 10 heavy (non-hydrogen) atoms. The van der Waals surface area contributed by atoms with Crippen molar-refractivity contribution >= 4 is 11.0 Å². The second-order valence-electron chi connectivity index (χ2n) is 2.19. The average molecular weight is 167 g/mol. The maximum atomic E-state index is 10.9. The van der Waals surface area contributed by atoms with Gasteiger partial charge in [-0.2, -0.15) is 0 Å². The molecular formula is C6H17NO2S. The molecule has 0 spiro atoms. The van der Waals surface area contributed by atoms with Crippen molar-refractivity contribution in [2.45, 2.75) is 19.8 Å². The molecule has 0 saturated carbocycles. The molecule has 0 rings (SSSR count). The zero-order valence-corrected chi connectivity index (χ0v) is 7.70. The normalized spacial score (nSPS) is 12.8. The van der Waals surface area contributed by atoms with Crippen molar-refractivity contribution in [3.8, 4) is 0 Å². The van der Waals surface area contributed by atoms with Crippen LogP contribution in [0.1, 0.15) is 19.8 Å². The van der Waals surface area contributed by atoms with Gasteiger partial charge in [0, 0.05) is 5.75 Å². The molecule has 0 bridgehead atoms. The summed E-state index contributed by atoms with van der Waals surface area (Å²) in [5, 5.41) is 0. The van der Waals surface area contributed by atoms with E-state index >= 15 is 0 Å². The van der Waals surface area contributed by atoms with Crippen LogP contribution in [0.15, 0.2) is 0 Å². The minimum absolute atomic E-state index is 0. The monoisotopic (exact) mass is 167 g/mol. The maximum absolute atomic E-state index is 10.9. The third kappa shape index (κ3) is 6.19. The fourth-order valence-corrected chi connectivity index (χ4v) is 1.35. The predicted octanol–water partition coefficient (Wildman–Crippen LogP) is 0.187. The molecule has 2 N–H and O–H groups in total. The van der Waals surface area contributed by atoms with Crippen LogP contribution >= 0.6 is 0 Å². The fraction of sp³-hybridized carbons (Fsp3) is 1.00. The Morgan fingerprint density at radius 2 is 1.90 bits per heavy atom. The van der Waals surface area contributed by atoms with E-state index in [1.165, 1.54) is 0 Å². The minimum Gasteiger partial charge on any atom is -0.412 e. The standard InChI is InChI=1S/C6H15NOS.H2O/c1-4-5-6-9(8)7(2)3;/h4-6H2,1-3H3;1H2. The highest BCUT2D eigenvalue weighted by Crippen LogP contribution is 1.93. The first-order chi connectivity index (χ1) is 4.18. The van der Waals surface area contributed by atoms with Gasteiger partial charge in [0.15, 0.2) is 0 Å². The number of nitrogens with zero attached hydrogens (tertiary/aromatic N) is 1. The number of hydrogen-bond donors (Lipinski definition) is 0. The van der Waals surface area contributed by atoms with E-state index in [4.69, 9.17) is 0 Å². The third-order valence-electron chi connectivity index (χ3n) is 1.08. The van der Waals surface area contributed by atoms with Crippen molar-refractivity contribution in [3.05, 3.63) is 0 Å². The van der Waals surface area contributed by atoms with E-state index in [0.29, 0.717) is 0 Å². The molecule has 0 amide bonds. The molecule has 1 unspecified atom stereocenters. The van der Waals surface area contributed by atoms with Crippen LogP contribution in [0, 0.1) is 0 Å². The summed E-state index contributed by atoms with van der Waals surface area (Å²) in [6, 6.07) is 0. The van der Waals surface area contributed by atoms with E-state index in [1.807, 2.05) is 14.1 Å². The number of unbranched alkanes of at least 4 members (excludes halogenated alkanes) is 1. The molecular weight excluding hydrogens is 150 g/mol. The highest BCUT2D eigenvalue weighted by atomic mass is 32.2. The van der Waals surface area contributed by atoms with Gasteiger partial charge in [0.1, 0.15) is 0 Å². The first-order valence-electron chi connectivity index (χ1n) is 3.24. The van der Waals surface area contributed by atoms with Gasteiger partial charge in [-0.05, 0) is 20.5 Å². The third-order valence-corrected chi connectivity index (χ3v) is 2.53. The van der Waals surface area contributed by atoms with Gasteiger partial charge in [-0.15, -0.1) is 0 Å². The lowest BCUT2D eigenvalue weighted by molar-refractivity contribution is 0.599. The van der Waals surface area contributed by atoms with E-state index in [0.717, 1.165) is 18.6 Å². The second kappa shape index (κ2) is 7.18. The Hall–Kier alpha value is 0.0700. The molecule has 0 radical (unpaired) electrons. The van der Waals surface area contributed by atoms with E-state index in [2.05, 4.69) is 6.92 Å². The predicted molar refractivity (Wildman–Crippen MR) is 45.2 cm³/mol. The number of rotatable bonds is 4. The zero-order valence-electron chi connectivity index (χ0n) is 6.89. The molecule has 0 saturated heterocycles. The minimum atomic E-state index is -0.738. The Morgan fingerprint density at radius 1 is 1.40 bits per heavy atom. The molecule has 64 valence electrons. The summed E-state index contributed by atoms with van der Waals surface area (Å²) in [4.78, 5) is 0. The lowest BCUT2D eigenvalue weighted by Crippen LogP contribution is -2.17. The summed E-state index contributed by atoms with van der Waals surface area (Å²) in [6.07, 6.45) is 2.18. The Kier molecular flexibility index (Phi) is 9.13. The van der Waals surface area contributed by atoms with Crippen LogP contribution in [0.5, 0.6) is 0 Å². The van der Waals surface area contributed by atoms with Crippen molar-refractivity contribution in [1.29, 1.82) is 0 Å². The topological polar surface area (TPSA) is 51.8 Å².